The maximum Gasteiger partial charge on any atom is 0.175 e. The second-order valence-electron chi connectivity index (χ2n) is 3.23. The molecule has 5 heteroatoms. The van der Waals surface area contributed by atoms with Crippen molar-refractivity contribution in [1.82, 2.24) is 0 Å². The van der Waals surface area contributed by atoms with E-state index in [-0.39, 0.29) is 0 Å². The highest BCUT2D eigenvalue weighted by atomic mass is 32.2. The summed E-state index contributed by atoms with van der Waals surface area (Å²) in [4.78, 5) is 1.45. The monoisotopic (exact) mass is 245 g/mol. The maximum absolute atomic E-state index is 11.2. The molecule has 84 valence electrons. The lowest BCUT2D eigenvalue weighted by molar-refractivity contribution is 0.602. The molecular formula is C10H15NO2S2. The van der Waals surface area contributed by atoms with Gasteiger partial charge in [0.15, 0.2) is 9.84 Å². The third-order valence-corrected chi connectivity index (χ3v) is 4.10. The van der Waals surface area contributed by atoms with E-state index in [1.54, 1.807) is 23.9 Å². The molecule has 0 bridgehead atoms. The van der Waals surface area contributed by atoms with E-state index in [0.717, 1.165) is 17.1 Å². The lowest BCUT2D eigenvalue weighted by atomic mass is 10.4. The fourth-order valence-corrected chi connectivity index (χ4v) is 2.56. The number of benzene rings is 1. The summed E-state index contributed by atoms with van der Waals surface area (Å²) in [7, 11) is -3.07. The molecule has 0 aliphatic heterocycles. The third-order valence-electron chi connectivity index (χ3n) is 1.87. The molecule has 0 saturated heterocycles. The largest absolute Gasteiger partial charge is 0.330 e. The lowest BCUT2D eigenvalue weighted by Gasteiger charge is -2.02. The molecule has 0 saturated carbocycles. The quantitative estimate of drug-likeness (QED) is 0.631. The SMILES string of the molecule is CS(=O)(=O)c1ccc(SCCCN)cc1. The number of hydrogen-bond acceptors (Lipinski definition) is 4. The summed E-state index contributed by atoms with van der Waals surface area (Å²) in [5.41, 5.74) is 5.38. The Bertz CT molecular complexity index is 398. The highest BCUT2D eigenvalue weighted by Gasteiger charge is 2.05. The summed E-state index contributed by atoms with van der Waals surface area (Å²) in [5.74, 6) is 0.967. The van der Waals surface area contributed by atoms with Gasteiger partial charge in [-0.2, -0.15) is 0 Å². The van der Waals surface area contributed by atoms with Gasteiger partial charge in [0.25, 0.3) is 0 Å². The van der Waals surface area contributed by atoms with E-state index in [2.05, 4.69) is 0 Å². The van der Waals surface area contributed by atoms with Crippen LogP contribution >= 0.6 is 11.8 Å². The minimum atomic E-state index is -3.07. The molecule has 0 atom stereocenters. The number of hydrogen-bond donors (Lipinski definition) is 1. The fourth-order valence-electron chi connectivity index (χ4n) is 1.06. The van der Waals surface area contributed by atoms with E-state index in [0.29, 0.717) is 11.4 Å². The molecule has 15 heavy (non-hydrogen) atoms. The highest BCUT2D eigenvalue weighted by Crippen LogP contribution is 2.20. The van der Waals surface area contributed by atoms with E-state index >= 15 is 0 Å². The van der Waals surface area contributed by atoms with E-state index in [1.807, 2.05) is 12.1 Å². The predicted octanol–water partition coefficient (Wildman–Crippen LogP) is 1.53. The van der Waals surface area contributed by atoms with Crippen molar-refractivity contribution in [1.29, 1.82) is 0 Å². The molecule has 0 fully saturated rings. The summed E-state index contributed by atoms with van der Waals surface area (Å²) in [6.07, 6.45) is 2.18. The van der Waals surface area contributed by atoms with Crippen LogP contribution in [0.1, 0.15) is 6.42 Å². The zero-order chi connectivity index (χ0) is 11.3. The zero-order valence-electron chi connectivity index (χ0n) is 8.64. The summed E-state index contributed by atoms with van der Waals surface area (Å²) < 4.78 is 22.4. The van der Waals surface area contributed by atoms with Gasteiger partial charge < -0.3 is 5.73 Å². The second-order valence-corrected chi connectivity index (χ2v) is 6.42. The molecule has 1 rings (SSSR count). The van der Waals surface area contributed by atoms with Gasteiger partial charge in [0, 0.05) is 11.2 Å². The molecule has 2 N–H and O–H groups in total. The summed E-state index contributed by atoms with van der Waals surface area (Å²) in [6.45, 7) is 0.689. The molecular weight excluding hydrogens is 230 g/mol. The van der Waals surface area contributed by atoms with E-state index in [9.17, 15) is 8.42 Å². The van der Waals surface area contributed by atoms with Crippen molar-refractivity contribution < 1.29 is 8.42 Å². The van der Waals surface area contributed by atoms with Crippen molar-refractivity contribution >= 4 is 21.6 Å². The van der Waals surface area contributed by atoms with Crippen molar-refractivity contribution in [2.45, 2.75) is 16.2 Å². The smallest absolute Gasteiger partial charge is 0.175 e. The number of sulfone groups is 1. The van der Waals surface area contributed by atoms with Crippen LogP contribution in [0, 0.1) is 0 Å². The molecule has 0 unspecified atom stereocenters. The first kappa shape index (κ1) is 12.5. The van der Waals surface area contributed by atoms with Gasteiger partial charge in [-0.15, -0.1) is 11.8 Å². The summed E-state index contributed by atoms with van der Waals surface area (Å²) in [6, 6.07) is 6.94. The fraction of sp³-hybridized carbons (Fsp3) is 0.400. The van der Waals surface area contributed by atoms with Crippen molar-refractivity contribution in [2.24, 2.45) is 5.73 Å². The van der Waals surface area contributed by atoms with Crippen LogP contribution in [-0.4, -0.2) is 27.0 Å². The Labute approximate surface area is 95.0 Å². The zero-order valence-corrected chi connectivity index (χ0v) is 10.3. The van der Waals surface area contributed by atoms with Crippen LogP contribution in [0.25, 0.3) is 0 Å². The Hall–Kier alpha value is -0.520. The average molecular weight is 245 g/mol. The lowest BCUT2D eigenvalue weighted by Crippen LogP contribution is -1.99. The summed E-state index contributed by atoms with van der Waals surface area (Å²) >= 11 is 1.69. The Morgan fingerprint density at radius 1 is 1.27 bits per heavy atom. The Morgan fingerprint density at radius 2 is 1.87 bits per heavy atom. The second kappa shape index (κ2) is 5.53. The van der Waals surface area contributed by atoms with Gasteiger partial charge in [0.2, 0.25) is 0 Å². The molecule has 3 nitrogen and oxygen atoms in total. The topological polar surface area (TPSA) is 60.2 Å². The van der Waals surface area contributed by atoms with Crippen molar-refractivity contribution in [2.75, 3.05) is 18.6 Å². The van der Waals surface area contributed by atoms with Crippen LogP contribution in [0.2, 0.25) is 0 Å². The molecule has 1 aromatic carbocycles. The van der Waals surface area contributed by atoms with Crippen molar-refractivity contribution in [3.05, 3.63) is 24.3 Å². The first-order valence-electron chi connectivity index (χ1n) is 4.67. The van der Waals surface area contributed by atoms with Gasteiger partial charge >= 0.3 is 0 Å². The first-order chi connectivity index (χ1) is 7.04. The minimum absolute atomic E-state index is 0.366. The van der Waals surface area contributed by atoms with Gasteiger partial charge in [-0.3, -0.25) is 0 Å². The Morgan fingerprint density at radius 3 is 2.33 bits per heavy atom. The van der Waals surface area contributed by atoms with E-state index in [1.165, 1.54) is 6.26 Å². The Balaban J connectivity index is 2.65. The molecule has 0 spiro atoms. The van der Waals surface area contributed by atoms with Gasteiger partial charge in [0.1, 0.15) is 0 Å². The number of thioether (sulfide) groups is 1. The molecule has 0 aliphatic rings. The minimum Gasteiger partial charge on any atom is -0.330 e. The normalized spacial score (nSPS) is 11.6. The van der Waals surface area contributed by atoms with Gasteiger partial charge in [-0.05, 0) is 43.0 Å². The number of nitrogens with two attached hydrogens (primary N) is 1. The van der Waals surface area contributed by atoms with Crippen LogP contribution in [0.15, 0.2) is 34.1 Å². The Kier molecular flexibility index (Phi) is 4.63. The van der Waals surface area contributed by atoms with Gasteiger partial charge in [-0.25, -0.2) is 8.42 Å². The van der Waals surface area contributed by atoms with Crippen LogP contribution in [0.4, 0.5) is 0 Å². The van der Waals surface area contributed by atoms with Gasteiger partial charge in [0.05, 0.1) is 4.90 Å². The molecule has 0 heterocycles. The standard InChI is InChI=1S/C10H15NO2S2/c1-15(12,13)10-5-3-9(4-6-10)14-8-2-7-11/h3-6H,2,7-8,11H2,1H3. The molecule has 1 aromatic rings. The van der Waals surface area contributed by atoms with Crippen molar-refractivity contribution in [3.8, 4) is 0 Å². The van der Waals surface area contributed by atoms with Crippen LogP contribution in [-0.2, 0) is 9.84 Å². The molecule has 0 aliphatic carbocycles. The third kappa shape index (κ3) is 4.24. The molecule has 0 amide bonds. The average Bonchev–Trinajstić information content (AvgIpc) is 2.18. The van der Waals surface area contributed by atoms with E-state index in [4.69, 9.17) is 5.73 Å². The maximum atomic E-state index is 11.2. The molecule has 0 aromatic heterocycles. The van der Waals surface area contributed by atoms with Crippen LogP contribution in [0.3, 0.4) is 0 Å². The summed E-state index contributed by atoms with van der Waals surface area (Å²) in [5, 5.41) is 0. The van der Waals surface area contributed by atoms with E-state index < -0.39 is 9.84 Å². The van der Waals surface area contributed by atoms with Crippen LogP contribution < -0.4 is 5.73 Å². The van der Waals surface area contributed by atoms with Crippen LogP contribution in [0.5, 0.6) is 0 Å². The van der Waals surface area contributed by atoms with Gasteiger partial charge in [-0.1, -0.05) is 0 Å². The van der Waals surface area contributed by atoms with Crippen molar-refractivity contribution in [3.63, 3.8) is 0 Å². The highest BCUT2D eigenvalue weighted by molar-refractivity contribution is 7.99. The first-order valence-corrected chi connectivity index (χ1v) is 7.55. The predicted molar refractivity (Wildman–Crippen MR) is 63.9 cm³/mol. The number of rotatable bonds is 5. The molecule has 0 radical (unpaired) electrons.